The molecule has 2 spiro atoms. The molecule has 2 heterocycles. The van der Waals surface area contributed by atoms with E-state index >= 15 is 0 Å². The van der Waals surface area contributed by atoms with Gasteiger partial charge in [0.25, 0.3) is 0 Å². The van der Waals surface area contributed by atoms with Crippen LogP contribution in [-0.2, 0) is 24.3 Å². The zero-order valence-corrected chi connectivity index (χ0v) is 12.4. The van der Waals surface area contributed by atoms with Crippen molar-refractivity contribution in [2.45, 2.75) is 38.2 Å². The summed E-state index contributed by atoms with van der Waals surface area (Å²) in [6, 6.07) is 0. The third-order valence-corrected chi connectivity index (χ3v) is 7.97. The topological polar surface area (TPSA) is 68.1 Å². The summed E-state index contributed by atoms with van der Waals surface area (Å²) >= 11 is 0. The largest absolute Gasteiger partial charge is 0.349 e. The van der Waals surface area contributed by atoms with Gasteiger partial charge in [0.05, 0.1) is 5.75 Å². The number of methoxy groups -OCH3 is 2. The van der Waals surface area contributed by atoms with Crippen molar-refractivity contribution in [1.82, 2.24) is 4.47 Å². The Labute approximate surface area is 113 Å². The van der Waals surface area contributed by atoms with Crippen LogP contribution >= 0.6 is 0 Å². The van der Waals surface area contributed by atoms with Gasteiger partial charge in [-0.1, -0.05) is 13.8 Å². The average molecular weight is 289 g/mol. The van der Waals surface area contributed by atoms with Crippen LogP contribution in [0.5, 0.6) is 0 Å². The van der Waals surface area contributed by atoms with Crippen LogP contribution in [0.2, 0.25) is 0 Å². The van der Waals surface area contributed by atoms with E-state index in [1.807, 2.05) is 0 Å². The molecule has 19 heavy (non-hydrogen) atoms. The first-order valence-corrected chi connectivity index (χ1v) is 8.19. The Hall–Kier alpha value is -0.210. The number of ether oxygens (including phenoxy) is 2. The van der Waals surface area contributed by atoms with Crippen molar-refractivity contribution in [2.24, 2.45) is 16.7 Å². The second kappa shape index (κ2) is 2.87. The molecule has 4 atom stereocenters. The molecule has 2 saturated heterocycles. The van der Waals surface area contributed by atoms with Crippen LogP contribution in [0, 0.1) is 16.7 Å². The monoisotopic (exact) mass is 289 g/mol. The fraction of sp³-hybridized carbons (Fsp3) is 1.00. The van der Waals surface area contributed by atoms with Crippen LogP contribution in [0.25, 0.3) is 0 Å². The van der Waals surface area contributed by atoms with Gasteiger partial charge >= 0.3 is 0 Å². The number of hydrogen-bond acceptors (Lipinski definition) is 5. The summed E-state index contributed by atoms with van der Waals surface area (Å²) in [5.41, 5.74) is -1.58. The van der Waals surface area contributed by atoms with Crippen molar-refractivity contribution in [3.05, 3.63) is 0 Å². The fourth-order valence-electron chi connectivity index (χ4n) is 5.42. The van der Waals surface area contributed by atoms with Gasteiger partial charge in [0.15, 0.2) is 0 Å². The Bertz CT molecular complexity index is 569. The Morgan fingerprint density at radius 3 is 2.42 bits per heavy atom. The lowest BCUT2D eigenvalue weighted by atomic mass is 9.68. The van der Waals surface area contributed by atoms with E-state index in [0.717, 1.165) is 17.3 Å². The standard InChI is InChI=1S/C12H19NO5S/c1-9(2)8-5-6-10(9)7-19(14,15)13-12(10,18-13)11(8,16-3)17-4/h8H,5-7H2,1-4H3/t8-,10-,12+,13?/m0/s1. The van der Waals surface area contributed by atoms with Crippen LogP contribution in [0.1, 0.15) is 26.7 Å². The van der Waals surface area contributed by atoms with Gasteiger partial charge in [-0.2, -0.15) is 0 Å². The maximum atomic E-state index is 12.3. The van der Waals surface area contributed by atoms with Gasteiger partial charge in [-0.15, -0.1) is 0 Å². The summed E-state index contributed by atoms with van der Waals surface area (Å²) in [6.07, 6.45) is 1.75. The lowest BCUT2D eigenvalue weighted by molar-refractivity contribution is -0.277. The molecule has 2 aliphatic carbocycles. The molecule has 0 aromatic rings. The Balaban J connectivity index is 2.03. The van der Waals surface area contributed by atoms with Crippen molar-refractivity contribution < 1.29 is 22.7 Å². The third-order valence-electron chi connectivity index (χ3n) is 6.27. The highest BCUT2D eigenvalue weighted by Gasteiger charge is 2.98. The predicted octanol–water partition coefficient (Wildman–Crippen LogP) is 0.699. The molecule has 1 unspecified atom stereocenters. The van der Waals surface area contributed by atoms with Crippen LogP contribution < -0.4 is 0 Å². The minimum atomic E-state index is -3.37. The van der Waals surface area contributed by atoms with E-state index in [1.165, 1.54) is 0 Å². The number of hydroxylamine groups is 1. The molecule has 2 saturated carbocycles. The second-order valence-corrected chi connectivity index (χ2v) is 8.47. The van der Waals surface area contributed by atoms with Gasteiger partial charge in [-0.3, -0.25) is 0 Å². The maximum Gasteiger partial charge on any atom is 0.242 e. The third kappa shape index (κ3) is 0.861. The average Bonchev–Trinajstić information content (AvgIpc) is 2.96. The molecule has 2 aliphatic heterocycles. The van der Waals surface area contributed by atoms with E-state index in [2.05, 4.69) is 13.8 Å². The van der Waals surface area contributed by atoms with Crippen LogP contribution in [0.4, 0.5) is 0 Å². The molecule has 6 nitrogen and oxygen atoms in total. The Morgan fingerprint density at radius 1 is 1.26 bits per heavy atom. The highest BCUT2D eigenvalue weighted by atomic mass is 32.2. The van der Waals surface area contributed by atoms with Crippen molar-refractivity contribution in [3.63, 3.8) is 0 Å². The van der Waals surface area contributed by atoms with Crippen molar-refractivity contribution in [1.29, 1.82) is 0 Å². The van der Waals surface area contributed by atoms with Gasteiger partial charge in [0.2, 0.25) is 21.5 Å². The predicted molar refractivity (Wildman–Crippen MR) is 65.1 cm³/mol. The summed E-state index contributed by atoms with van der Waals surface area (Å²) < 4.78 is 37.2. The number of sulfonamides is 1. The lowest BCUT2D eigenvalue weighted by Gasteiger charge is -2.40. The minimum absolute atomic E-state index is 0.135. The molecule has 4 aliphatic rings. The molecular weight excluding hydrogens is 270 g/mol. The Morgan fingerprint density at radius 2 is 1.89 bits per heavy atom. The highest BCUT2D eigenvalue weighted by Crippen LogP contribution is 2.83. The van der Waals surface area contributed by atoms with Crippen LogP contribution in [0.3, 0.4) is 0 Å². The molecule has 0 N–H and O–H groups in total. The first-order chi connectivity index (χ1) is 8.76. The summed E-state index contributed by atoms with van der Waals surface area (Å²) in [5, 5.41) is 0. The van der Waals surface area contributed by atoms with Crippen LogP contribution in [-0.4, -0.2) is 44.4 Å². The molecule has 2 bridgehead atoms. The van der Waals surface area contributed by atoms with E-state index in [9.17, 15) is 8.42 Å². The second-order valence-electron chi connectivity index (χ2n) is 6.69. The minimum Gasteiger partial charge on any atom is -0.349 e. The van der Waals surface area contributed by atoms with Gasteiger partial charge in [-0.25, -0.2) is 13.3 Å². The number of nitrogens with zero attached hydrogens (tertiary/aromatic N) is 1. The van der Waals surface area contributed by atoms with Gasteiger partial charge < -0.3 is 9.47 Å². The first-order valence-electron chi connectivity index (χ1n) is 6.58. The van der Waals surface area contributed by atoms with E-state index in [0.29, 0.717) is 0 Å². The molecule has 0 aromatic carbocycles. The number of rotatable bonds is 2. The molecule has 108 valence electrons. The van der Waals surface area contributed by atoms with E-state index < -0.39 is 27.0 Å². The summed E-state index contributed by atoms with van der Waals surface area (Å²) in [7, 11) is -0.221. The zero-order valence-electron chi connectivity index (χ0n) is 11.6. The van der Waals surface area contributed by atoms with E-state index in [-0.39, 0.29) is 17.1 Å². The van der Waals surface area contributed by atoms with Gasteiger partial charge in [0, 0.05) is 25.6 Å². The number of fused-ring (bicyclic) bond motifs is 1. The van der Waals surface area contributed by atoms with Crippen molar-refractivity contribution in [2.75, 3.05) is 20.0 Å². The highest BCUT2D eigenvalue weighted by molar-refractivity contribution is 7.89. The SMILES string of the molecule is COC1(OC)[C@H]2CC[C@]3(CS(=O)(=O)N4O[C@@]413)C2(C)C. The fourth-order valence-corrected chi connectivity index (χ4v) is 7.79. The van der Waals surface area contributed by atoms with E-state index in [4.69, 9.17) is 14.3 Å². The van der Waals surface area contributed by atoms with Crippen LogP contribution in [0.15, 0.2) is 0 Å². The summed E-state index contributed by atoms with van der Waals surface area (Å²) in [6.45, 7) is 4.24. The molecule has 0 radical (unpaired) electrons. The van der Waals surface area contributed by atoms with E-state index in [1.54, 1.807) is 14.2 Å². The summed E-state index contributed by atoms with van der Waals surface area (Å²) in [4.78, 5) is 5.63. The molecule has 4 fully saturated rings. The molecule has 0 amide bonds. The zero-order chi connectivity index (χ0) is 13.9. The smallest absolute Gasteiger partial charge is 0.242 e. The molecular formula is C12H19NO5S. The lowest BCUT2D eigenvalue weighted by Crippen LogP contribution is -2.57. The number of hydrogen-bond donors (Lipinski definition) is 0. The Kier molecular flexibility index (Phi) is 1.89. The normalized spacial score (nSPS) is 53.9. The van der Waals surface area contributed by atoms with Crippen molar-refractivity contribution in [3.8, 4) is 0 Å². The quantitative estimate of drug-likeness (QED) is 0.553. The molecule has 4 rings (SSSR count). The molecule has 0 aromatic heterocycles. The van der Waals surface area contributed by atoms with Gasteiger partial charge in [0.1, 0.15) is 0 Å². The van der Waals surface area contributed by atoms with Crippen molar-refractivity contribution >= 4 is 10.0 Å². The molecule has 7 heteroatoms. The summed E-state index contributed by atoms with van der Waals surface area (Å²) in [5.74, 6) is -0.716. The first kappa shape index (κ1) is 12.5. The maximum absolute atomic E-state index is 12.3. The van der Waals surface area contributed by atoms with Gasteiger partial charge in [-0.05, 0) is 22.7 Å².